The van der Waals surface area contributed by atoms with Gasteiger partial charge in [-0.2, -0.15) is 5.10 Å². The van der Waals surface area contributed by atoms with E-state index in [1.807, 2.05) is 60.7 Å². The summed E-state index contributed by atoms with van der Waals surface area (Å²) in [6, 6.07) is 14.8. The smallest absolute Gasteiger partial charge is 0.332 e. The Balaban J connectivity index is 2.00. The lowest BCUT2D eigenvalue weighted by Crippen LogP contribution is -2.24. The van der Waals surface area contributed by atoms with Crippen molar-refractivity contribution in [1.82, 2.24) is 5.43 Å². The van der Waals surface area contributed by atoms with Crippen LogP contribution in [0.25, 0.3) is 6.08 Å². The van der Waals surface area contributed by atoms with Crippen molar-refractivity contribution in [3.05, 3.63) is 70.2 Å². The van der Waals surface area contributed by atoms with Gasteiger partial charge in [-0.3, -0.25) is 0 Å². The fourth-order valence-corrected chi connectivity index (χ4v) is 2.18. The molecular formula is C17H16BrN3O2. The molecule has 0 saturated carbocycles. The SMILES string of the molecule is NC(=O)NN=Cc1cc(Br)ccc1OCC=Cc1ccccc1. The third-order valence-electron chi connectivity index (χ3n) is 2.80. The van der Waals surface area contributed by atoms with Gasteiger partial charge in [-0.25, -0.2) is 10.2 Å². The number of urea groups is 1. The fraction of sp³-hybridized carbons (Fsp3) is 0.0588. The molecule has 0 radical (unpaired) electrons. The van der Waals surface area contributed by atoms with Gasteiger partial charge in [0.15, 0.2) is 0 Å². The molecule has 118 valence electrons. The van der Waals surface area contributed by atoms with Crippen LogP contribution in [0.1, 0.15) is 11.1 Å². The van der Waals surface area contributed by atoms with Crippen LogP contribution in [-0.2, 0) is 0 Å². The fourth-order valence-electron chi connectivity index (χ4n) is 1.80. The average molecular weight is 374 g/mol. The van der Waals surface area contributed by atoms with E-state index in [0.29, 0.717) is 12.4 Å². The molecule has 0 aliphatic rings. The average Bonchev–Trinajstić information content (AvgIpc) is 2.54. The summed E-state index contributed by atoms with van der Waals surface area (Å²) in [4.78, 5) is 10.6. The van der Waals surface area contributed by atoms with E-state index in [4.69, 9.17) is 10.5 Å². The Kier molecular flexibility index (Phi) is 6.38. The molecule has 0 unspecified atom stereocenters. The first kappa shape index (κ1) is 16.8. The van der Waals surface area contributed by atoms with E-state index in [2.05, 4.69) is 26.5 Å². The molecule has 2 rings (SSSR count). The zero-order valence-corrected chi connectivity index (χ0v) is 13.9. The van der Waals surface area contributed by atoms with Crippen LogP contribution in [0.2, 0.25) is 0 Å². The molecule has 0 heterocycles. The van der Waals surface area contributed by atoms with E-state index in [1.165, 1.54) is 6.21 Å². The highest BCUT2D eigenvalue weighted by molar-refractivity contribution is 9.10. The molecule has 0 fully saturated rings. The summed E-state index contributed by atoms with van der Waals surface area (Å²) in [7, 11) is 0. The number of carbonyl (C=O) groups excluding carboxylic acids is 1. The summed E-state index contributed by atoms with van der Waals surface area (Å²) in [5.74, 6) is 0.654. The lowest BCUT2D eigenvalue weighted by molar-refractivity contribution is 0.249. The van der Waals surface area contributed by atoms with Crippen molar-refractivity contribution in [3.8, 4) is 5.75 Å². The van der Waals surface area contributed by atoms with Crippen molar-refractivity contribution in [1.29, 1.82) is 0 Å². The molecule has 6 heteroatoms. The number of halogens is 1. The number of primary amides is 1. The first-order valence-corrected chi connectivity index (χ1v) is 7.67. The number of nitrogens with zero attached hydrogens (tertiary/aromatic N) is 1. The summed E-state index contributed by atoms with van der Waals surface area (Å²) in [6.07, 6.45) is 5.40. The molecular weight excluding hydrogens is 358 g/mol. The second-order valence-electron chi connectivity index (χ2n) is 4.54. The van der Waals surface area contributed by atoms with Crippen molar-refractivity contribution < 1.29 is 9.53 Å². The van der Waals surface area contributed by atoms with Gasteiger partial charge >= 0.3 is 6.03 Å². The first-order valence-electron chi connectivity index (χ1n) is 6.87. The molecule has 3 N–H and O–H groups in total. The van der Waals surface area contributed by atoms with Crippen LogP contribution in [0.15, 0.2) is 64.2 Å². The lowest BCUT2D eigenvalue weighted by atomic mass is 10.2. The van der Waals surface area contributed by atoms with Gasteiger partial charge in [-0.1, -0.05) is 52.3 Å². The van der Waals surface area contributed by atoms with Gasteiger partial charge in [0, 0.05) is 10.0 Å². The van der Waals surface area contributed by atoms with Crippen LogP contribution in [0.5, 0.6) is 5.75 Å². The quantitative estimate of drug-likeness (QED) is 0.599. The number of hydrogen-bond acceptors (Lipinski definition) is 3. The molecule has 2 amide bonds. The van der Waals surface area contributed by atoms with Crippen molar-refractivity contribution in [3.63, 3.8) is 0 Å². The number of hydrazone groups is 1. The zero-order valence-electron chi connectivity index (χ0n) is 12.3. The second kappa shape index (κ2) is 8.75. The maximum Gasteiger partial charge on any atom is 0.332 e. The van der Waals surface area contributed by atoms with E-state index in [9.17, 15) is 4.79 Å². The molecule has 0 atom stereocenters. The second-order valence-corrected chi connectivity index (χ2v) is 5.46. The van der Waals surface area contributed by atoms with Gasteiger partial charge in [0.1, 0.15) is 12.4 Å². The van der Waals surface area contributed by atoms with Crippen LogP contribution in [0, 0.1) is 0 Å². The van der Waals surface area contributed by atoms with Gasteiger partial charge in [0.05, 0.1) is 6.21 Å². The topological polar surface area (TPSA) is 76.7 Å². The Bertz CT molecular complexity index is 715. The van der Waals surface area contributed by atoms with Crippen LogP contribution in [0.4, 0.5) is 4.79 Å². The molecule has 2 aromatic carbocycles. The maximum absolute atomic E-state index is 10.6. The number of benzene rings is 2. The van der Waals surface area contributed by atoms with E-state index in [1.54, 1.807) is 0 Å². The number of carbonyl (C=O) groups is 1. The number of rotatable bonds is 6. The van der Waals surface area contributed by atoms with Gasteiger partial charge in [0.25, 0.3) is 0 Å². The summed E-state index contributed by atoms with van der Waals surface area (Å²) in [5, 5.41) is 3.75. The van der Waals surface area contributed by atoms with Gasteiger partial charge in [-0.05, 0) is 29.8 Å². The summed E-state index contributed by atoms with van der Waals surface area (Å²) in [6.45, 7) is 0.417. The molecule has 0 aromatic heterocycles. The molecule has 23 heavy (non-hydrogen) atoms. The third-order valence-corrected chi connectivity index (χ3v) is 3.29. The summed E-state index contributed by atoms with van der Waals surface area (Å²) < 4.78 is 6.61. The summed E-state index contributed by atoms with van der Waals surface area (Å²) >= 11 is 3.39. The number of nitrogens with one attached hydrogen (secondary N) is 1. The molecule has 0 aliphatic heterocycles. The van der Waals surface area contributed by atoms with Gasteiger partial charge in [0.2, 0.25) is 0 Å². The number of nitrogens with two attached hydrogens (primary N) is 1. The highest BCUT2D eigenvalue weighted by atomic mass is 79.9. The largest absolute Gasteiger partial charge is 0.489 e. The Morgan fingerprint density at radius 1 is 1.26 bits per heavy atom. The van der Waals surface area contributed by atoms with E-state index < -0.39 is 6.03 Å². The predicted octanol–water partition coefficient (Wildman–Crippen LogP) is 3.54. The first-order chi connectivity index (χ1) is 11.1. The molecule has 0 bridgehead atoms. The molecule has 5 nitrogen and oxygen atoms in total. The molecule has 2 aromatic rings. The minimum Gasteiger partial charge on any atom is -0.489 e. The van der Waals surface area contributed by atoms with Gasteiger partial charge in [-0.15, -0.1) is 0 Å². The Morgan fingerprint density at radius 3 is 2.78 bits per heavy atom. The Morgan fingerprint density at radius 2 is 2.04 bits per heavy atom. The van der Waals surface area contributed by atoms with Crippen molar-refractivity contribution in [2.45, 2.75) is 0 Å². The standard InChI is InChI=1S/C17H16BrN3O2/c18-15-8-9-16(14(11-15)12-20-21-17(19)22)23-10-4-7-13-5-2-1-3-6-13/h1-9,11-12H,10H2,(H3,19,21,22). The Labute approximate surface area is 143 Å². The molecule has 0 saturated heterocycles. The molecule has 0 spiro atoms. The minimum absolute atomic E-state index is 0.417. The number of amides is 2. The van der Waals surface area contributed by atoms with E-state index in [-0.39, 0.29) is 0 Å². The van der Waals surface area contributed by atoms with Crippen molar-refractivity contribution in [2.24, 2.45) is 10.8 Å². The van der Waals surface area contributed by atoms with Crippen molar-refractivity contribution >= 4 is 34.3 Å². The highest BCUT2D eigenvalue weighted by Crippen LogP contribution is 2.21. The number of hydrogen-bond donors (Lipinski definition) is 2. The van der Waals surface area contributed by atoms with Gasteiger partial charge < -0.3 is 10.5 Å². The van der Waals surface area contributed by atoms with Crippen molar-refractivity contribution in [2.75, 3.05) is 6.61 Å². The van der Waals surface area contributed by atoms with E-state index in [0.717, 1.165) is 15.6 Å². The third kappa shape index (κ3) is 5.96. The van der Waals surface area contributed by atoms with Crippen LogP contribution >= 0.6 is 15.9 Å². The zero-order chi connectivity index (χ0) is 16.5. The van der Waals surface area contributed by atoms with Crippen LogP contribution < -0.4 is 15.9 Å². The molecule has 0 aliphatic carbocycles. The normalized spacial score (nSPS) is 11.0. The van der Waals surface area contributed by atoms with E-state index >= 15 is 0 Å². The number of ether oxygens (including phenoxy) is 1. The van der Waals surface area contributed by atoms with Crippen LogP contribution in [0.3, 0.4) is 0 Å². The Hall–Kier alpha value is -2.60. The van der Waals surface area contributed by atoms with Crippen LogP contribution in [-0.4, -0.2) is 18.9 Å². The minimum atomic E-state index is -0.718. The predicted molar refractivity (Wildman–Crippen MR) is 95.4 cm³/mol. The maximum atomic E-state index is 10.6. The monoisotopic (exact) mass is 373 g/mol. The lowest BCUT2D eigenvalue weighted by Gasteiger charge is -2.07. The highest BCUT2D eigenvalue weighted by Gasteiger charge is 2.02. The summed E-state index contributed by atoms with van der Waals surface area (Å²) in [5.41, 5.74) is 8.95.